The molecule has 0 fully saturated rings. The average Bonchev–Trinajstić information content (AvgIpc) is 2.76. The molecule has 2 atom stereocenters. The van der Waals surface area contributed by atoms with Gasteiger partial charge in [0.05, 0.1) is 0 Å². The second kappa shape index (κ2) is 4.46. The molecular weight excluding hydrogens is 224 g/mol. The molecule has 0 aromatic heterocycles. The Morgan fingerprint density at radius 2 is 1.83 bits per heavy atom. The smallest absolute Gasteiger partial charge is 0.129 e. The maximum absolute atomic E-state index is 10.2. The van der Waals surface area contributed by atoms with Crippen molar-refractivity contribution in [3.8, 4) is 16.9 Å². The molecule has 92 valence electrons. The second-order valence-electron chi connectivity index (χ2n) is 4.63. The van der Waals surface area contributed by atoms with Crippen molar-refractivity contribution in [1.82, 2.24) is 0 Å². The van der Waals surface area contributed by atoms with Crippen LogP contribution in [0.1, 0.15) is 25.0 Å². The highest BCUT2D eigenvalue weighted by Crippen LogP contribution is 2.39. The summed E-state index contributed by atoms with van der Waals surface area (Å²) in [6.07, 6.45) is 0.205. The Morgan fingerprint density at radius 1 is 1.06 bits per heavy atom. The number of fused-ring (bicyclic) bond motifs is 1. The molecule has 2 aromatic rings. The first-order valence-electron chi connectivity index (χ1n) is 6.33. The van der Waals surface area contributed by atoms with E-state index in [2.05, 4.69) is 12.1 Å². The van der Waals surface area contributed by atoms with E-state index in [9.17, 15) is 5.11 Å². The summed E-state index contributed by atoms with van der Waals surface area (Å²) in [5.74, 6) is 0.814. The van der Waals surface area contributed by atoms with Crippen LogP contribution in [0.5, 0.6) is 5.75 Å². The molecule has 0 bridgehead atoms. The molecule has 1 N–H and O–H groups in total. The normalized spacial score (nSPS) is 21.4. The van der Waals surface area contributed by atoms with Crippen LogP contribution in [0.15, 0.2) is 48.5 Å². The first-order valence-corrected chi connectivity index (χ1v) is 6.33. The van der Waals surface area contributed by atoms with E-state index >= 15 is 0 Å². The fraction of sp³-hybridized carbons (Fsp3) is 0.250. The predicted molar refractivity (Wildman–Crippen MR) is 71.5 cm³/mol. The zero-order valence-corrected chi connectivity index (χ0v) is 10.3. The summed E-state index contributed by atoms with van der Waals surface area (Å²) in [4.78, 5) is 0. The maximum atomic E-state index is 10.2. The van der Waals surface area contributed by atoms with Gasteiger partial charge in [-0.3, -0.25) is 0 Å². The Balaban J connectivity index is 2.01. The molecule has 0 spiro atoms. The van der Waals surface area contributed by atoms with Crippen LogP contribution < -0.4 is 4.74 Å². The average molecular weight is 240 g/mol. The Labute approximate surface area is 107 Å². The van der Waals surface area contributed by atoms with E-state index in [4.69, 9.17) is 4.74 Å². The Bertz CT molecular complexity index is 548. The van der Waals surface area contributed by atoms with E-state index in [0.29, 0.717) is 0 Å². The molecule has 1 heterocycles. The fourth-order valence-corrected chi connectivity index (χ4v) is 2.43. The summed E-state index contributed by atoms with van der Waals surface area (Å²) in [5.41, 5.74) is 3.18. The van der Waals surface area contributed by atoms with Crippen molar-refractivity contribution >= 4 is 0 Å². The molecule has 2 nitrogen and oxygen atoms in total. The first kappa shape index (κ1) is 11.3. The van der Waals surface area contributed by atoms with E-state index in [1.54, 1.807) is 0 Å². The van der Waals surface area contributed by atoms with Crippen LogP contribution in [0.3, 0.4) is 0 Å². The summed E-state index contributed by atoms with van der Waals surface area (Å²) >= 11 is 0. The Morgan fingerprint density at radius 3 is 2.56 bits per heavy atom. The molecule has 1 aliphatic heterocycles. The van der Waals surface area contributed by atoms with Gasteiger partial charge in [-0.05, 0) is 29.7 Å². The standard InChI is InChI=1S/C16H16O2/c1-2-14-16(17)13-10-12(8-9-15(13)18-14)11-6-4-3-5-7-11/h3-10,14,16-17H,2H2,1H3. The van der Waals surface area contributed by atoms with Crippen LogP contribution in [0.25, 0.3) is 11.1 Å². The number of aliphatic hydroxyl groups excluding tert-OH is 1. The highest BCUT2D eigenvalue weighted by molar-refractivity contribution is 5.66. The predicted octanol–water partition coefficient (Wildman–Crippen LogP) is 3.56. The van der Waals surface area contributed by atoms with E-state index in [1.807, 2.05) is 43.3 Å². The molecule has 2 aromatic carbocycles. The minimum atomic E-state index is -0.506. The number of aliphatic hydroxyl groups is 1. The first-order chi connectivity index (χ1) is 8.79. The van der Waals surface area contributed by atoms with E-state index in [-0.39, 0.29) is 6.10 Å². The van der Waals surface area contributed by atoms with Crippen LogP contribution in [0.4, 0.5) is 0 Å². The third-order valence-corrected chi connectivity index (χ3v) is 3.47. The highest BCUT2D eigenvalue weighted by atomic mass is 16.5. The quantitative estimate of drug-likeness (QED) is 0.869. The third kappa shape index (κ3) is 1.79. The molecule has 0 amide bonds. The summed E-state index contributed by atoms with van der Waals surface area (Å²) < 4.78 is 5.71. The third-order valence-electron chi connectivity index (χ3n) is 3.47. The van der Waals surface area contributed by atoms with Crippen molar-refractivity contribution in [3.63, 3.8) is 0 Å². The summed E-state index contributed by atoms with van der Waals surface area (Å²) in [6.45, 7) is 2.03. The molecule has 2 unspecified atom stereocenters. The lowest BCUT2D eigenvalue weighted by atomic mass is 9.99. The summed E-state index contributed by atoms with van der Waals surface area (Å²) in [6, 6.07) is 16.2. The zero-order valence-electron chi connectivity index (χ0n) is 10.3. The number of hydrogen-bond acceptors (Lipinski definition) is 2. The van der Waals surface area contributed by atoms with Gasteiger partial charge in [0.2, 0.25) is 0 Å². The van der Waals surface area contributed by atoms with Gasteiger partial charge >= 0.3 is 0 Å². The van der Waals surface area contributed by atoms with Gasteiger partial charge in [0.25, 0.3) is 0 Å². The minimum Gasteiger partial charge on any atom is -0.487 e. The van der Waals surface area contributed by atoms with E-state index in [0.717, 1.165) is 28.9 Å². The van der Waals surface area contributed by atoms with Crippen molar-refractivity contribution in [2.24, 2.45) is 0 Å². The van der Waals surface area contributed by atoms with Crippen LogP contribution in [-0.4, -0.2) is 11.2 Å². The van der Waals surface area contributed by atoms with Gasteiger partial charge in [-0.25, -0.2) is 0 Å². The molecule has 3 rings (SSSR count). The van der Waals surface area contributed by atoms with Crippen molar-refractivity contribution in [2.75, 3.05) is 0 Å². The fourth-order valence-electron chi connectivity index (χ4n) is 2.43. The van der Waals surface area contributed by atoms with Crippen LogP contribution in [-0.2, 0) is 0 Å². The topological polar surface area (TPSA) is 29.5 Å². The van der Waals surface area contributed by atoms with Gasteiger partial charge in [-0.2, -0.15) is 0 Å². The lowest BCUT2D eigenvalue weighted by Crippen LogP contribution is -2.16. The van der Waals surface area contributed by atoms with E-state index < -0.39 is 6.10 Å². The molecular formula is C16H16O2. The molecule has 0 saturated heterocycles. The number of rotatable bonds is 2. The molecule has 2 heteroatoms. The SMILES string of the molecule is CCC1Oc2ccc(-c3ccccc3)cc2C1O. The van der Waals surface area contributed by atoms with Gasteiger partial charge in [0.1, 0.15) is 18.0 Å². The zero-order chi connectivity index (χ0) is 12.5. The Kier molecular flexibility index (Phi) is 2.80. The summed E-state index contributed by atoms with van der Waals surface area (Å²) in [5, 5.41) is 10.2. The second-order valence-corrected chi connectivity index (χ2v) is 4.63. The van der Waals surface area contributed by atoms with Gasteiger partial charge < -0.3 is 9.84 Å². The highest BCUT2D eigenvalue weighted by Gasteiger charge is 2.31. The van der Waals surface area contributed by atoms with Crippen molar-refractivity contribution in [3.05, 3.63) is 54.1 Å². The Hall–Kier alpha value is -1.80. The number of hydrogen-bond donors (Lipinski definition) is 1. The lowest BCUT2D eigenvalue weighted by molar-refractivity contribution is 0.0653. The van der Waals surface area contributed by atoms with Crippen LogP contribution in [0.2, 0.25) is 0 Å². The van der Waals surface area contributed by atoms with E-state index in [1.165, 1.54) is 0 Å². The van der Waals surface area contributed by atoms with Crippen molar-refractivity contribution < 1.29 is 9.84 Å². The van der Waals surface area contributed by atoms with Crippen molar-refractivity contribution in [2.45, 2.75) is 25.6 Å². The number of benzene rings is 2. The van der Waals surface area contributed by atoms with Crippen molar-refractivity contribution in [1.29, 1.82) is 0 Å². The van der Waals surface area contributed by atoms with Crippen LogP contribution in [0, 0.1) is 0 Å². The largest absolute Gasteiger partial charge is 0.487 e. The molecule has 0 saturated carbocycles. The number of ether oxygens (including phenoxy) is 1. The molecule has 18 heavy (non-hydrogen) atoms. The van der Waals surface area contributed by atoms with Gasteiger partial charge in [-0.15, -0.1) is 0 Å². The monoisotopic (exact) mass is 240 g/mol. The van der Waals surface area contributed by atoms with Gasteiger partial charge in [0.15, 0.2) is 0 Å². The molecule has 0 radical (unpaired) electrons. The summed E-state index contributed by atoms with van der Waals surface area (Å²) in [7, 11) is 0. The van der Waals surface area contributed by atoms with Gasteiger partial charge in [0, 0.05) is 5.56 Å². The lowest BCUT2D eigenvalue weighted by Gasteiger charge is -2.10. The minimum absolute atomic E-state index is 0.106. The maximum Gasteiger partial charge on any atom is 0.129 e. The van der Waals surface area contributed by atoms with Gasteiger partial charge in [-0.1, -0.05) is 43.3 Å². The van der Waals surface area contributed by atoms with Crippen LogP contribution >= 0.6 is 0 Å². The molecule has 1 aliphatic rings. The molecule has 0 aliphatic carbocycles.